The molecular formula is C20H14ClF2N5O3. The van der Waals surface area contributed by atoms with Gasteiger partial charge in [-0.15, -0.1) is 0 Å². The number of rotatable bonds is 6. The van der Waals surface area contributed by atoms with Crippen molar-refractivity contribution in [3.05, 3.63) is 76.4 Å². The van der Waals surface area contributed by atoms with E-state index in [0.29, 0.717) is 22.0 Å². The Hall–Kier alpha value is -3.79. The van der Waals surface area contributed by atoms with Gasteiger partial charge in [-0.25, -0.2) is 9.67 Å². The minimum absolute atomic E-state index is 0.0319. The van der Waals surface area contributed by atoms with Crippen LogP contribution < -0.4 is 15.6 Å². The third-order valence-corrected chi connectivity index (χ3v) is 4.52. The molecule has 0 radical (unpaired) electrons. The Morgan fingerprint density at radius 3 is 2.68 bits per heavy atom. The number of hydrogen-bond acceptors (Lipinski definition) is 5. The number of ether oxygens (including phenoxy) is 1. The molecule has 2 heterocycles. The monoisotopic (exact) mass is 445 g/mol. The number of carbonyl (C=O) groups is 1. The topological polar surface area (TPSA) is 91.0 Å². The highest BCUT2D eigenvalue weighted by atomic mass is 35.5. The number of benzene rings is 2. The molecule has 0 saturated heterocycles. The summed E-state index contributed by atoms with van der Waals surface area (Å²) < 4.78 is 31.3. The van der Waals surface area contributed by atoms with Gasteiger partial charge in [0.15, 0.2) is 5.65 Å². The van der Waals surface area contributed by atoms with Crippen LogP contribution >= 0.6 is 11.6 Å². The highest BCUT2D eigenvalue weighted by Crippen LogP contribution is 2.19. The van der Waals surface area contributed by atoms with Crippen molar-refractivity contribution < 1.29 is 18.3 Å². The van der Waals surface area contributed by atoms with Gasteiger partial charge in [0, 0.05) is 10.7 Å². The lowest BCUT2D eigenvalue weighted by Crippen LogP contribution is -2.27. The molecule has 158 valence electrons. The molecule has 4 aromatic rings. The first kappa shape index (κ1) is 20.5. The molecule has 31 heavy (non-hydrogen) atoms. The molecule has 0 atom stereocenters. The van der Waals surface area contributed by atoms with Crippen LogP contribution in [0.4, 0.5) is 14.5 Å². The van der Waals surface area contributed by atoms with E-state index in [9.17, 15) is 18.4 Å². The average molecular weight is 446 g/mol. The molecule has 1 amide bonds. The van der Waals surface area contributed by atoms with Crippen LogP contribution in [0.5, 0.6) is 5.75 Å². The number of nitrogens with one attached hydrogen (secondary N) is 1. The highest BCUT2D eigenvalue weighted by Gasteiger charge is 2.14. The van der Waals surface area contributed by atoms with Crippen molar-refractivity contribution in [1.29, 1.82) is 0 Å². The van der Waals surface area contributed by atoms with Crippen LogP contribution in [-0.2, 0) is 11.3 Å². The minimum Gasteiger partial charge on any atom is -0.435 e. The van der Waals surface area contributed by atoms with Gasteiger partial charge in [-0.05, 0) is 42.5 Å². The summed E-state index contributed by atoms with van der Waals surface area (Å²) in [4.78, 5) is 29.3. The predicted octanol–water partition coefficient (Wildman–Crippen LogP) is 3.48. The van der Waals surface area contributed by atoms with Gasteiger partial charge in [-0.2, -0.15) is 13.9 Å². The number of aromatic nitrogens is 4. The predicted molar refractivity (Wildman–Crippen MR) is 110 cm³/mol. The molecular weight excluding hydrogens is 432 g/mol. The van der Waals surface area contributed by atoms with Gasteiger partial charge in [-0.1, -0.05) is 17.7 Å². The largest absolute Gasteiger partial charge is 0.435 e. The third kappa shape index (κ3) is 4.53. The van der Waals surface area contributed by atoms with Gasteiger partial charge in [0.2, 0.25) is 5.91 Å². The first-order valence-corrected chi connectivity index (χ1v) is 9.32. The van der Waals surface area contributed by atoms with Crippen molar-refractivity contribution in [3.63, 3.8) is 0 Å². The lowest BCUT2D eigenvalue weighted by molar-refractivity contribution is -0.116. The van der Waals surface area contributed by atoms with E-state index in [1.165, 1.54) is 41.5 Å². The van der Waals surface area contributed by atoms with Gasteiger partial charge in [0.1, 0.15) is 24.0 Å². The Balaban J connectivity index is 1.52. The maximum absolute atomic E-state index is 12.8. The maximum Gasteiger partial charge on any atom is 0.387 e. The number of carbonyl (C=O) groups excluding carboxylic acids is 1. The first-order valence-electron chi connectivity index (χ1n) is 8.94. The van der Waals surface area contributed by atoms with Gasteiger partial charge in [0.25, 0.3) is 5.56 Å². The number of fused-ring (bicyclic) bond motifs is 1. The van der Waals surface area contributed by atoms with E-state index in [2.05, 4.69) is 20.1 Å². The fourth-order valence-electron chi connectivity index (χ4n) is 2.93. The molecule has 11 heteroatoms. The molecule has 2 aromatic heterocycles. The number of amides is 1. The zero-order valence-corrected chi connectivity index (χ0v) is 16.5. The van der Waals surface area contributed by atoms with Crippen LogP contribution in [0, 0.1) is 0 Å². The third-order valence-electron chi connectivity index (χ3n) is 4.28. The average Bonchev–Trinajstić information content (AvgIpc) is 3.16. The summed E-state index contributed by atoms with van der Waals surface area (Å²) in [5, 5.41) is 7.53. The smallest absolute Gasteiger partial charge is 0.387 e. The molecule has 4 rings (SSSR count). The second-order valence-corrected chi connectivity index (χ2v) is 6.84. The summed E-state index contributed by atoms with van der Waals surface area (Å²) >= 11 is 6.01. The normalized spacial score (nSPS) is 11.1. The molecule has 0 fully saturated rings. The van der Waals surface area contributed by atoms with Crippen molar-refractivity contribution in [3.8, 4) is 11.4 Å². The van der Waals surface area contributed by atoms with Gasteiger partial charge >= 0.3 is 6.61 Å². The molecule has 8 nitrogen and oxygen atoms in total. The van der Waals surface area contributed by atoms with Crippen LogP contribution in [0.15, 0.2) is 65.8 Å². The van der Waals surface area contributed by atoms with E-state index >= 15 is 0 Å². The summed E-state index contributed by atoms with van der Waals surface area (Å²) in [5.41, 5.74) is 0.902. The Labute approximate surface area is 178 Å². The number of halogens is 3. The summed E-state index contributed by atoms with van der Waals surface area (Å²) in [5.74, 6) is -0.524. The van der Waals surface area contributed by atoms with E-state index < -0.39 is 18.1 Å². The van der Waals surface area contributed by atoms with Crippen LogP contribution in [-0.4, -0.2) is 31.9 Å². The minimum atomic E-state index is -2.93. The molecule has 0 aliphatic rings. The lowest BCUT2D eigenvalue weighted by Gasteiger charge is -2.09. The van der Waals surface area contributed by atoms with Crippen molar-refractivity contribution >= 4 is 34.2 Å². The van der Waals surface area contributed by atoms with Crippen LogP contribution in [0.1, 0.15) is 0 Å². The van der Waals surface area contributed by atoms with E-state index in [0.717, 1.165) is 4.57 Å². The first-order chi connectivity index (χ1) is 14.9. The molecule has 0 saturated carbocycles. The van der Waals surface area contributed by atoms with Gasteiger partial charge in [-0.3, -0.25) is 14.2 Å². The summed E-state index contributed by atoms with van der Waals surface area (Å²) in [6.45, 7) is -3.22. The second-order valence-electron chi connectivity index (χ2n) is 6.40. The number of alkyl halides is 2. The number of nitrogens with zero attached hydrogens (tertiary/aromatic N) is 4. The summed E-state index contributed by atoms with van der Waals surface area (Å²) in [6, 6.07) is 12.3. The zero-order valence-electron chi connectivity index (χ0n) is 15.7. The standard InChI is InChI=1S/C20H14ClF2N5O3/c21-12-2-1-3-14(8-12)28-18-16(9-25-28)19(30)27(11-24-18)10-17(29)26-13-4-6-15(7-5-13)31-20(22)23/h1-9,11,20H,10H2,(H,26,29). The molecule has 1 N–H and O–H groups in total. The fourth-order valence-corrected chi connectivity index (χ4v) is 3.12. The van der Waals surface area contributed by atoms with Crippen LogP contribution in [0.2, 0.25) is 5.02 Å². The van der Waals surface area contributed by atoms with Gasteiger partial charge in [0.05, 0.1) is 11.9 Å². The SMILES string of the molecule is O=C(Cn1cnc2c(cnn2-c2cccc(Cl)c2)c1=O)Nc1ccc(OC(F)F)cc1. The van der Waals surface area contributed by atoms with Gasteiger partial charge < -0.3 is 10.1 Å². The summed E-state index contributed by atoms with van der Waals surface area (Å²) in [7, 11) is 0. The Bertz CT molecular complexity index is 1300. The zero-order chi connectivity index (χ0) is 22.0. The number of anilines is 1. The molecule has 0 aliphatic heterocycles. The van der Waals surface area contributed by atoms with Crippen molar-refractivity contribution in [2.75, 3.05) is 5.32 Å². The summed E-state index contributed by atoms with van der Waals surface area (Å²) in [6.07, 6.45) is 2.63. The van der Waals surface area contributed by atoms with E-state index in [-0.39, 0.29) is 17.7 Å². The Morgan fingerprint density at radius 2 is 1.97 bits per heavy atom. The molecule has 0 bridgehead atoms. The second kappa shape index (κ2) is 8.52. The Morgan fingerprint density at radius 1 is 1.19 bits per heavy atom. The maximum atomic E-state index is 12.8. The molecule has 0 spiro atoms. The molecule has 0 aliphatic carbocycles. The fraction of sp³-hybridized carbons (Fsp3) is 0.100. The van der Waals surface area contributed by atoms with Crippen molar-refractivity contribution in [1.82, 2.24) is 19.3 Å². The lowest BCUT2D eigenvalue weighted by atomic mass is 10.3. The van der Waals surface area contributed by atoms with E-state index in [1.807, 2.05) is 0 Å². The molecule has 2 aromatic carbocycles. The van der Waals surface area contributed by atoms with E-state index in [4.69, 9.17) is 11.6 Å². The number of hydrogen-bond donors (Lipinski definition) is 1. The van der Waals surface area contributed by atoms with E-state index in [1.54, 1.807) is 24.3 Å². The van der Waals surface area contributed by atoms with Crippen LogP contribution in [0.25, 0.3) is 16.7 Å². The van der Waals surface area contributed by atoms with Crippen LogP contribution in [0.3, 0.4) is 0 Å². The van der Waals surface area contributed by atoms with Crippen molar-refractivity contribution in [2.45, 2.75) is 13.2 Å². The molecule has 0 unspecified atom stereocenters. The quantitative estimate of drug-likeness (QED) is 0.490. The Kier molecular flexibility index (Phi) is 5.63. The van der Waals surface area contributed by atoms with Crippen molar-refractivity contribution in [2.24, 2.45) is 0 Å². The highest BCUT2D eigenvalue weighted by molar-refractivity contribution is 6.30.